The van der Waals surface area contributed by atoms with Crippen LogP contribution in [0.4, 0.5) is 0 Å². The van der Waals surface area contributed by atoms with Crippen molar-refractivity contribution in [2.75, 3.05) is 11.5 Å². The van der Waals surface area contributed by atoms with Crippen molar-refractivity contribution in [2.24, 2.45) is 5.73 Å². The summed E-state index contributed by atoms with van der Waals surface area (Å²) in [5.41, 5.74) is 9.44. The van der Waals surface area contributed by atoms with Gasteiger partial charge in [0, 0.05) is 28.0 Å². The molecule has 0 spiro atoms. The summed E-state index contributed by atoms with van der Waals surface area (Å²) in [6.07, 6.45) is 1.22. The van der Waals surface area contributed by atoms with Crippen molar-refractivity contribution in [1.82, 2.24) is 0 Å². The quantitative estimate of drug-likeness (QED) is 0.883. The van der Waals surface area contributed by atoms with E-state index < -0.39 is 0 Å². The molecule has 0 bridgehead atoms. The Morgan fingerprint density at radius 3 is 2.30 bits per heavy atom. The smallest absolute Gasteiger partial charge is 0.0426 e. The van der Waals surface area contributed by atoms with E-state index in [1.807, 2.05) is 0 Å². The van der Waals surface area contributed by atoms with E-state index in [-0.39, 0.29) is 11.5 Å². The number of hydrogen-bond donors (Lipinski definition) is 1. The summed E-state index contributed by atoms with van der Waals surface area (Å²) < 4.78 is 0. The van der Waals surface area contributed by atoms with Gasteiger partial charge < -0.3 is 5.73 Å². The maximum absolute atomic E-state index is 6.56. The second kappa shape index (κ2) is 6.76. The maximum Gasteiger partial charge on any atom is 0.0426 e. The molecule has 1 aromatic carbocycles. The summed E-state index contributed by atoms with van der Waals surface area (Å²) in [7, 11) is 0. The molecule has 3 heteroatoms. The number of benzene rings is 1. The minimum Gasteiger partial charge on any atom is -0.323 e. The molecule has 1 heterocycles. The Morgan fingerprint density at radius 2 is 1.75 bits per heavy atom. The molecular formula is C17H27NS2. The second-order valence-corrected chi connectivity index (χ2v) is 9.18. The lowest BCUT2D eigenvalue weighted by atomic mass is 9.86. The van der Waals surface area contributed by atoms with Gasteiger partial charge in [-0.05, 0) is 23.0 Å². The van der Waals surface area contributed by atoms with Crippen LogP contribution in [0.1, 0.15) is 51.3 Å². The summed E-state index contributed by atoms with van der Waals surface area (Å²) in [4.78, 5) is 0. The molecule has 112 valence electrons. The molecule has 0 aromatic heterocycles. The van der Waals surface area contributed by atoms with Crippen LogP contribution in [-0.4, -0.2) is 22.0 Å². The SMILES string of the molecule is CCC1SCCSC1C(N)c1ccc(C(C)(C)C)cc1. The molecule has 3 atom stereocenters. The third-order valence-corrected chi connectivity index (χ3v) is 7.38. The second-order valence-electron chi connectivity index (χ2n) is 6.55. The molecule has 0 radical (unpaired) electrons. The zero-order valence-corrected chi connectivity index (χ0v) is 14.7. The van der Waals surface area contributed by atoms with Crippen LogP contribution in [0.5, 0.6) is 0 Å². The molecule has 0 amide bonds. The van der Waals surface area contributed by atoms with E-state index in [4.69, 9.17) is 5.73 Å². The highest BCUT2D eigenvalue weighted by Crippen LogP contribution is 2.39. The standard InChI is InChI=1S/C17H27NS2/c1-5-14-16(20-11-10-19-14)15(18)12-6-8-13(9-7-12)17(2,3)4/h6-9,14-16H,5,10-11,18H2,1-4H3. The number of nitrogens with two attached hydrogens (primary N) is 1. The van der Waals surface area contributed by atoms with Gasteiger partial charge in [0.2, 0.25) is 0 Å². The van der Waals surface area contributed by atoms with Gasteiger partial charge in [0.25, 0.3) is 0 Å². The molecule has 1 aliphatic heterocycles. The highest BCUT2D eigenvalue weighted by Gasteiger charge is 2.30. The number of rotatable bonds is 3. The lowest BCUT2D eigenvalue weighted by Crippen LogP contribution is -2.35. The van der Waals surface area contributed by atoms with E-state index in [0.29, 0.717) is 10.5 Å². The van der Waals surface area contributed by atoms with Crippen LogP contribution in [0, 0.1) is 0 Å². The van der Waals surface area contributed by atoms with Crippen molar-refractivity contribution >= 4 is 23.5 Å². The fourth-order valence-electron chi connectivity index (χ4n) is 2.67. The molecule has 1 fully saturated rings. The van der Waals surface area contributed by atoms with E-state index in [9.17, 15) is 0 Å². The van der Waals surface area contributed by atoms with Gasteiger partial charge in [-0.2, -0.15) is 23.5 Å². The number of hydrogen-bond acceptors (Lipinski definition) is 3. The minimum absolute atomic E-state index is 0.159. The predicted octanol–water partition coefficient (Wildman–Crippen LogP) is 4.61. The van der Waals surface area contributed by atoms with E-state index in [0.717, 1.165) is 0 Å². The molecule has 1 aliphatic rings. The maximum atomic E-state index is 6.56. The summed E-state index contributed by atoms with van der Waals surface area (Å²) in [5, 5.41) is 1.25. The van der Waals surface area contributed by atoms with Crippen molar-refractivity contribution in [1.29, 1.82) is 0 Å². The van der Waals surface area contributed by atoms with E-state index in [2.05, 4.69) is 75.5 Å². The topological polar surface area (TPSA) is 26.0 Å². The normalized spacial score (nSPS) is 25.4. The zero-order chi connectivity index (χ0) is 14.8. The van der Waals surface area contributed by atoms with Gasteiger partial charge in [-0.3, -0.25) is 0 Å². The molecule has 3 unspecified atom stereocenters. The Kier molecular flexibility index (Phi) is 5.49. The van der Waals surface area contributed by atoms with Crippen LogP contribution in [0.3, 0.4) is 0 Å². The first-order chi connectivity index (χ1) is 9.43. The van der Waals surface area contributed by atoms with Crippen molar-refractivity contribution in [3.05, 3.63) is 35.4 Å². The highest BCUT2D eigenvalue weighted by atomic mass is 32.2. The lowest BCUT2D eigenvalue weighted by Gasteiger charge is -2.34. The van der Waals surface area contributed by atoms with Crippen LogP contribution >= 0.6 is 23.5 Å². The largest absolute Gasteiger partial charge is 0.323 e. The Bertz CT molecular complexity index is 422. The minimum atomic E-state index is 0.159. The Labute approximate surface area is 132 Å². The van der Waals surface area contributed by atoms with Gasteiger partial charge in [-0.15, -0.1) is 0 Å². The molecule has 1 nitrogen and oxygen atoms in total. The monoisotopic (exact) mass is 309 g/mol. The first kappa shape index (κ1) is 16.3. The third-order valence-electron chi connectivity index (χ3n) is 4.01. The summed E-state index contributed by atoms with van der Waals surface area (Å²) >= 11 is 4.16. The van der Waals surface area contributed by atoms with Crippen molar-refractivity contribution in [3.63, 3.8) is 0 Å². The average molecular weight is 310 g/mol. The van der Waals surface area contributed by atoms with Crippen LogP contribution < -0.4 is 5.73 Å². The first-order valence-corrected chi connectivity index (χ1v) is 9.62. The first-order valence-electron chi connectivity index (χ1n) is 7.52. The zero-order valence-electron chi connectivity index (χ0n) is 13.1. The Balaban J connectivity index is 2.14. The molecule has 0 aliphatic carbocycles. The summed E-state index contributed by atoms with van der Waals surface area (Å²) in [5.74, 6) is 2.51. The molecule has 2 N–H and O–H groups in total. The molecule has 0 saturated carbocycles. The fourth-order valence-corrected chi connectivity index (χ4v) is 5.85. The molecule has 1 saturated heterocycles. The lowest BCUT2D eigenvalue weighted by molar-refractivity contribution is 0.588. The molecule has 20 heavy (non-hydrogen) atoms. The Morgan fingerprint density at radius 1 is 1.15 bits per heavy atom. The van der Waals surface area contributed by atoms with Crippen LogP contribution in [0.15, 0.2) is 24.3 Å². The van der Waals surface area contributed by atoms with Crippen molar-refractivity contribution in [2.45, 2.75) is 56.1 Å². The fraction of sp³-hybridized carbons (Fsp3) is 0.647. The van der Waals surface area contributed by atoms with Crippen LogP contribution in [0.2, 0.25) is 0 Å². The van der Waals surface area contributed by atoms with Gasteiger partial charge in [0.1, 0.15) is 0 Å². The summed E-state index contributed by atoms with van der Waals surface area (Å²) in [6.45, 7) is 9.04. The van der Waals surface area contributed by atoms with Gasteiger partial charge in [-0.25, -0.2) is 0 Å². The molecule has 1 aromatic rings. The number of thioether (sulfide) groups is 2. The van der Waals surface area contributed by atoms with Gasteiger partial charge in [-0.1, -0.05) is 52.0 Å². The van der Waals surface area contributed by atoms with E-state index >= 15 is 0 Å². The van der Waals surface area contributed by atoms with E-state index in [1.54, 1.807) is 0 Å². The Hall–Kier alpha value is -0.120. The van der Waals surface area contributed by atoms with Crippen LogP contribution in [0.25, 0.3) is 0 Å². The molecular weight excluding hydrogens is 282 g/mol. The van der Waals surface area contributed by atoms with E-state index in [1.165, 1.54) is 29.1 Å². The highest BCUT2D eigenvalue weighted by molar-refractivity contribution is 8.07. The predicted molar refractivity (Wildman–Crippen MR) is 94.9 cm³/mol. The van der Waals surface area contributed by atoms with Crippen molar-refractivity contribution < 1.29 is 0 Å². The molecule has 2 rings (SSSR count). The van der Waals surface area contributed by atoms with Crippen LogP contribution in [-0.2, 0) is 5.41 Å². The average Bonchev–Trinajstić information content (AvgIpc) is 2.45. The third kappa shape index (κ3) is 3.75. The van der Waals surface area contributed by atoms with Gasteiger partial charge in [0.15, 0.2) is 0 Å². The summed E-state index contributed by atoms with van der Waals surface area (Å²) in [6, 6.07) is 9.12. The van der Waals surface area contributed by atoms with Gasteiger partial charge in [0.05, 0.1) is 0 Å². The van der Waals surface area contributed by atoms with Crippen molar-refractivity contribution in [3.8, 4) is 0 Å². The van der Waals surface area contributed by atoms with Gasteiger partial charge >= 0.3 is 0 Å².